The van der Waals surface area contributed by atoms with Gasteiger partial charge in [-0.15, -0.1) is 0 Å². The SMILES string of the molecule is CCN(c1cccc(C)c1)S(=O)(=O)c1ccc2c(c1)CCN2C(=O)NC1CCCCC1. The molecule has 1 aliphatic heterocycles. The maximum absolute atomic E-state index is 13.4. The molecule has 0 aromatic heterocycles. The first kappa shape index (κ1) is 21.7. The molecule has 166 valence electrons. The third-order valence-electron chi connectivity index (χ3n) is 6.29. The van der Waals surface area contributed by atoms with E-state index in [1.54, 1.807) is 23.1 Å². The number of hydrogen-bond donors (Lipinski definition) is 1. The number of benzene rings is 2. The Morgan fingerprint density at radius 2 is 1.90 bits per heavy atom. The van der Waals surface area contributed by atoms with Crippen molar-refractivity contribution in [2.45, 2.75) is 63.3 Å². The van der Waals surface area contributed by atoms with Gasteiger partial charge >= 0.3 is 6.03 Å². The maximum atomic E-state index is 13.4. The van der Waals surface area contributed by atoms with Crippen LogP contribution in [0.15, 0.2) is 47.4 Å². The van der Waals surface area contributed by atoms with Gasteiger partial charge in [0.2, 0.25) is 0 Å². The molecule has 1 fully saturated rings. The van der Waals surface area contributed by atoms with E-state index in [1.165, 1.54) is 10.7 Å². The van der Waals surface area contributed by atoms with Gasteiger partial charge in [-0.25, -0.2) is 13.2 Å². The van der Waals surface area contributed by atoms with Crippen molar-refractivity contribution < 1.29 is 13.2 Å². The number of carbonyl (C=O) groups excluding carboxylic acids is 1. The first-order chi connectivity index (χ1) is 14.9. The van der Waals surface area contributed by atoms with E-state index >= 15 is 0 Å². The molecule has 6 nitrogen and oxygen atoms in total. The van der Waals surface area contributed by atoms with Gasteiger partial charge < -0.3 is 5.32 Å². The fraction of sp³-hybridized carbons (Fsp3) is 0.458. The van der Waals surface area contributed by atoms with Crippen molar-refractivity contribution in [1.29, 1.82) is 0 Å². The van der Waals surface area contributed by atoms with Crippen molar-refractivity contribution >= 4 is 27.4 Å². The predicted octanol–water partition coefficient (Wildman–Crippen LogP) is 4.62. The molecule has 0 spiro atoms. The summed E-state index contributed by atoms with van der Waals surface area (Å²) in [5.41, 5.74) is 3.39. The first-order valence-corrected chi connectivity index (χ1v) is 12.6. The van der Waals surface area contributed by atoms with Crippen LogP contribution in [0.25, 0.3) is 0 Å². The van der Waals surface area contributed by atoms with E-state index in [0.717, 1.165) is 42.5 Å². The molecule has 0 bridgehead atoms. The second kappa shape index (κ2) is 8.91. The Kier molecular flexibility index (Phi) is 6.23. The van der Waals surface area contributed by atoms with Crippen LogP contribution in [0.5, 0.6) is 0 Å². The van der Waals surface area contributed by atoms with Gasteiger partial charge in [0.25, 0.3) is 10.0 Å². The van der Waals surface area contributed by atoms with Crippen molar-refractivity contribution in [1.82, 2.24) is 5.32 Å². The van der Waals surface area contributed by atoms with Crippen molar-refractivity contribution in [3.05, 3.63) is 53.6 Å². The van der Waals surface area contributed by atoms with Crippen LogP contribution in [0.2, 0.25) is 0 Å². The van der Waals surface area contributed by atoms with Gasteiger partial charge in [0.1, 0.15) is 0 Å². The number of rotatable bonds is 5. The Balaban J connectivity index is 1.56. The Labute approximate surface area is 185 Å². The maximum Gasteiger partial charge on any atom is 0.322 e. The molecule has 1 N–H and O–H groups in total. The lowest BCUT2D eigenvalue weighted by molar-refractivity contribution is 0.238. The van der Waals surface area contributed by atoms with Gasteiger partial charge in [-0.05, 0) is 74.6 Å². The van der Waals surface area contributed by atoms with E-state index in [9.17, 15) is 13.2 Å². The van der Waals surface area contributed by atoms with Crippen LogP contribution in [0.3, 0.4) is 0 Å². The molecule has 0 saturated heterocycles. The van der Waals surface area contributed by atoms with Crippen LogP contribution < -0.4 is 14.5 Å². The summed E-state index contributed by atoms with van der Waals surface area (Å²) < 4.78 is 28.2. The summed E-state index contributed by atoms with van der Waals surface area (Å²) in [5.74, 6) is 0. The molecule has 2 amide bonds. The zero-order valence-corrected chi connectivity index (χ0v) is 19.1. The Bertz CT molecular complexity index is 1060. The molecule has 4 rings (SSSR count). The summed E-state index contributed by atoms with van der Waals surface area (Å²) in [6.07, 6.45) is 6.31. The van der Waals surface area contributed by atoms with Gasteiger partial charge in [-0.2, -0.15) is 0 Å². The lowest BCUT2D eigenvalue weighted by Gasteiger charge is -2.26. The fourth-order valence-electron chi connectivity index (χ4n) is 4.65. The molecule has 1 aliphatic carbocycles. The quantitative estimate of drug-likeness (QED) is 0.736. The molecule has 0 unspecified atom stereocenters. The van der Waals surface area contributed by atoms with E-state index < -0.39 is 10.0 Å². The number of aryl methyl sites for hydroxylation is 1. The highest BCUT2D eigenvalue weighted by Gasteiger charge is 2.30. The van der Waals surface area contributed by atoms with Crippen molar-refractivity contribution in [3.8, 4) is 0 Å². The predicted molar refractivity (Wildman–Crippen MR) is 124 cm³/mol. The summed E-state index contributed by atoms with van der Waals surface area (Å²) in [7, 11) is -3.69. The van der Waals surface area contributed by atoms with E-state index in [2.05, 4.69) is 5.32 Å². The Hall–Kier alpha value is -2.54. The summed E-state index contributed by atoms with van der Waals surface area (Å²) >= 11 is 0. The molecule has 2 aromatic carbocycles. The third kappa shape index (κ3) is 4.42. The lowest BCUT2D eigenvalue weighted by atomic mass is 9.96. The normalized spacial score (nSPS) is 16.8. The molecular formula is C24H31N3O3S. The molecule has 2 aliphatic rings. The van der Waals surface area contributed by atoms with Crippen LogP contribution in [0, 0.1) is 6.92 Å². The van der Waals surface area contributed by atoms with Crippen molar-refractivity contribution in [3.63, 3.8) is 0 Å². The van der Waals surface area contributed by atoms with Crippen molar-refractivity contribution in [2.75, 3.05) is 22.3 Å². The van der Waals surface area contributed by atoms with Gasteiger partial charge in [-0.3, -0.25) is 9.21 Å². The monoisotopic (exact) mass is 441 g/mol. The number of sulfonamides is 1. The molecule has 0 atom stereocenters. The number of fused-ring (bicyclic) bond motifs is 1. The van der Waals surface area contributed by atoms with E-state index in [-0.39, 0.29) is 17.0 Å². The highest BCUT2D eigenvalue weighted by atomic mass is 32.2. The van der Waals surface area contributed by atoms with Gasteiger partial charge in [0.15, 0.2) is 0 Å². The Morgan fingerprint density at radius 3 is 2.61 bits per heavy atom. The van der Waals surface area contributed by atoms with Crippen molar-refractivity contribution in [2.24, 2.45) is 0 Å². The van der Waals surface area contributed by atoms with Gasteiger partial charge in [0, 0.05) is 24.8 Å². The Morgan fingerprint density at radius 1 is 1.13 bits per heavy atom. The molecular weight excluding hydrogens is 410 g/mol. The van der Waals surface area contributed by atoms with E-state index in [4.69, 9.17) is 0 Å². The summed E-state index contributed by atoms with van der Waals surface area (Å²) in [6.45, 7) is 4.71. The first-order valence-electron chi connectivity index (χ1n) is 11.2. The number of carbonyl (C=O) groups is 1. The number of amides is 2. The molecule has 2 aromatic rings. The smallest absolute Gasteiger partial charge is 0.322 e. The minimum Gasteiger partial charge on any atom is -0.335 e. The van der Waals surface area contributed by atoms with Gasteiger partial charge in [0.05, 0.1) is 10.6 Å². The number of urea groups is 1. The summed E-state index contributed by atoms with van der Waals surface area (Å²) in [6, 6.07) is 12.8. The molecule has 1 heterocycles. The number of hydrogen-bond acceptors (Lipinski definition) is 3. The summed E-state index contributed by atoms with van der Waals surface area (Å²) in [5, 5.41) is 3.16. The van der Waals surface area contributed by atoms with E-state index in [0.29, 0.717) is 25.2 Å². The standard InChI is InChI=1S/C24H31N3O3S/c1-3-27(21-11-7-8-18(2)16-21)31(29,30)22-12-13-23-19(17-22)14-15-26(23)24(28)25-20-9-5-4-6-10-20/h7-8,11-13,16-17,20H,3-6,9-10,14-15H2,1-2H3,(H,25,28). The number of nitrogens with zero attached hydrogens (tertiary/aromatic N) is 2. The minimum atomic E-state index is -3.69. The second-order valence-corrected chi connectivity index (χ2v) is 10.3. The third-order valence-corrected chi connectivity index (χ3v) is 8.19. The van der Waals surface area contributed by atoms with Crippen LogP contribution in [-0.4, -0.2) is 33.6 Å². The molecule has 7 heteroatoms. The van der Waals surface area contributed by atoms with Gasteiger partial charge in [-0.1, -0.05) is 31.4 Å². The van der Waals surface area contributed by atoms with Crippen LogP contribution in [0.4, 0.5) is 16.2 Å². The average molecular weight is 442 g/mol. The highest BCUT2D eigenvalue weighted by molar-refractivity contribution is 7.92. The van der Waals surface area contributed by atoms with Crippen LogP contribution in [0.1, 0.15) is 50.2 Å². The van der Waals surface area contributed by atoms with Crippen LogP contribution >= 0.6 is 0 Å². The molecule has 0 radical (unpaired) electrons. The number of nitrogens with one attached hydrogen (secondary N) is 1. The minimum absolute atomic E-state index is 0.0730. The molecule has 31 heavy (non-hydrogen) atoms. The van der Waals surface area contributed by atoms with E-state index in [1.807, 2.05) is 38.1 Å². The summed E-state index contributed by atoms with van der Waals surface area (Å²) in [4.78, 5) is 14.8. The fourth-order valence-corrected chi connectivity index (χ4v) is 6.17. The average Bonchev–Trinajstić information content (AvgIpc) is 3.18. The largest absolute Gasteiger partial charge is 0.335 e. The lowest BCUT2D eigenvalue weighted by Crippen LogP contribution is -2.45. The zero-order valence-electron chi connectivity index (χ0n) is 18.3. The highest BCUT2D eigenvalue weighted by Crippen LogP contribution is 2.33. The molecule has 1 saturated carbocycles. The second-order valence-electron chi connectivity index (χ2n) is 8.49. The topological polar surface area (TPSA) is 69.7 Å². The van der Waals surface area contributed by atoms with Crippen LogP contribution in [-0.2, 0) is 16.4 Å². The number of anilines is 2. The zero-order chi connectivity index (χ0) is 22.0.